The number of aromatic amines is 2. The molecule has 1 fully saturated rings. The number of carboxylic acids is 1. The first-order chi connectivity index (χ1) is 45.2. The van der Waals surface area contributed by atoms with Gasteiger partial charge in [-0.3, -0.25) is 57.7 Å². The lowest BCUT2D eigenvalue weighted by molar-refractivity contribution is -0.142. The van der Waals surface area contributed by atoms with Gasteiger partial charge in [-0.2, -0.15) is 0 Å². The number of carboxylic acid groups (broad SMARTS) is 1. The van der Waals surface area contributed by atoms with Crippen molar-refractivity contribution in [3.8, 4) is 5.75 Å². The lowest BCUT2D eigenvalue weighted by atomic mass is 9.96. The predicted octanol–water partition coefficient (Wildman–Crippen LogP) is -0.581. The van der Waals surface area contributed by atoms with Gasteiger partial charge < -0.3 is 84.8 Å². The Morgan fingerprint density at radius 1 is 0.653 bits per heavy atom. The second-order valence-electron chi connectivity index (χ2n) is 24.1. The highest BCUT2D eigenvalue weighted by atomic mass is 16.4. The summed E-state index contributed by atoms with van der Waals surface area (Å²) in [5.74, 6) is -11.5. The molecule has 1 aliphatic rings. The summed E-state index contributed by atoms with van der Waals surface area (Å²) in [7, 11) is 0. The Labute approximate surface area is 548 Å². The molecule has 11 atom stereocenters. The van der Waals surface area contributed by atoms with E-state index in [2.05, 4.69) is 77.5 Å². The van der Waals surface area contributed by atoms with E-state index in [1.807, 2.05) is 13.8 Å². The Balaban J connectivity index is 1.41. The number of guanidine groups is 1. The van der Waals surface area contributed by atoms with Crippen LogP contribution < -0.4 is 59.7 Å². The van der Waals surface area contributed by atoms with E-state index < -0.39 is 144 Å². The van der Waals surface area contributed by atoms with Crippen LogP contribution >= 0.6 is 0 Å². The Bertz CT molecular complexity index is 3320. The van der Waals surface area contributed by atoms with E-state index >= 15 is 4.79 Å². The number of phenols is 1. The third kappa shape index (κ3) is 24.1. The smallest absolute Gasteiger partial charge is 0.304 e. The number of rotatable bonds is 38. The maximum atomic E-state index is 15.1. The first-order valence-corrected chi connectivity index (χ1v) is 31.3. The van der Waals surface area contributed by atoms with Gasteiger partial charge in [0.1, 0.15) is 66.2 Å². The van der Waals surface area contributed by atoms with E-state index in [-0.39, 0.29) is 82.1 Å². The van der Waals surface area contributed by atoms with E-state index in [0.717, 1.165) is 0 Å². The Kier molecular flexibility index (Phi) is 29.4. The van der Waals surface area contributed by atoms with Gasteiger partial charge in [0.15, 0.2) is 5.96 Å². The zero-order valence-corrected chi connectivity index (χ0v) is 54.0. The zero-order valence-electron chi connectivity index (χ0n) is 54.0. The molecular formula is C62H88N20O13. The first-order valence-electron chi connectivity index (χ1n) is 31.3. The normalized spacial score (nSPS) is 15.9. The Morgan fingerprint density at radius 2 is 1.17 bits per heavy atom. The quantitative estimate of drug-likeness (QED) is 0.00667. The number of carbonyl (C=O) groups excluding carboxylic acids is 10. The number of azide groups is 1. The van der Waals surface area contributed by atoms with Gasteiger partial charge in [0.05, 0.1) is 19.1 Å². The number of hydrogen-bond acceptors (Lipinski definition) is 16. The summed E-state index contributed by atoms with van der Waals surface area (Å²) in [6.07, 6.45) is 5.14. The number of phenolic OH excluding ortho intramolecular Hbond substituents is 1. The number of nitrogens with two attached hydrogens (primary N) is 3. The number of nitrogens with one attached hydrogen (secondary N) is 10. The van der Waals surface area contributed by atoms with Gasteiger partial charge in [0, 0.05) is 67.5 Å². The molecule has 0 spiro atoms. The van der Waals surface area contributed by atoms with E-state index in [1.165, 1.54) is 54.2 Å². The van der Waals surface area contributed by atoms with E-state index in [0.29, 0.717) is 35.4 Å². The Morgan fingerprint density at radius 3 is 1.72 bits per heavy atom. The largest absolute Gasteiger partial charge is 0.508 e. The maximum Gasteiger partial charge on any atom is 0.304 e. The fourth-order valence-corrected chi connectivity index (χ4v) is 10.5. The minimum atomic E-state index is -1.76. The number of benzene rings is 2. The van der Waals surface area contributed by atoms with Crippen molar-refractivity contribution < 1.29 is 63.0 Å². The number of aliphatic imine (C=N–C) groups is 1. The topological polar surface area (TPSA) is 524 Å². The van der Waals surface area contributed by atoms with Gasteiger partial charge in [0.25, 0.3) is 0 Å². The molecule has 0 unspecified atom stereocenters. The van der Waals surface area contributed by atoms with Crippen LogP contribution in [-0.2, 0) is 78.4 Å². The van der Waals surface area contributed by atoms with Gasteiger partial charge in [-0.1, -0.05) is 95.5 Å². The van der Waals surface area contributed by atoms with Crippen LogP contribution in [0.1, 0.15) is 109 Å². The van der Waals surface area contributed by atoms with E-state index in [1.54, 1.807) is 58.0 Å². The summed E-state index contributed by atoms with van der Waals surface area (Å²) in [5, 5.41) is 44.3. The van der Waals surface area contributed by atoms with Crippen LogP contribution in [0.25, 0.3) is 10.4 Å². The van der Waals surface area contributed by atoms with Crippen LogP contribution in [0.4, 0.5) is 0 Å². The third-order valence-electron chi connectivity index (χ3n) is 15.8. The highest BCUT2D eigenvalue weighted by molar-refractivity contribution is 5.99. The summed E-state index contributed by atoms with van der Waals surface area (Å²) >= 11 is 0. The molecule has 1 aliphatic heterocycles. The van der Waals surface area contributed by atoms with Gasteiger partial charge in [-0.25, -0.2) is 9.97 Å². The van der Waals surface area contributed by atoms with Crippen molar-refractivity contribution in [1.82, 2.24) is 67.4 Å². The van der Waals surface area contributed by atoms with Gasteiger partial charge in [-0.05, 0) is 78.6 Å². The monoisotopic (exact) mass is 1320 g/mol. The fourth-order valence-electron chi connectivity index (χ4n) is 10.5. The summed E-state index contributed by atoms with van der Waals surface area (Å²) in [6, 6.07) is 0.672. The van der Waals surface area contributed by atoms with Gasteiger partial charge in [-0.15, -0.1) is 0 Å². The van der Waals surface area contributed by atoms with Crippen molar-refractivity contribution in [2.45, 2.75) is 173 Å². The number of nitrogens with zero attached hydrogens (tertiary/aromatic N) is 7. The molecule has 1 saturated heterocycles. The highest BCUT2D eigenvalue weighted by Gasteiger charge is 2.42. The van der Waals surface area contributed by atoms with Crippen LogP contribution in [0.5, 0.6) is 5.75 Å². The second-order valence-corrected chi connectivity index (χ2v) is 24.1. The number of amides is 10. The van der Waals surface area contributed by atoms with Crippen molar-refractivity contribution in [1.29, 1.82) is 0 Å². The molecule has 0 bridgehead atoms. The standard InChI is InChI=1S/C62H88N20O13/c1-7-35(6)51(79-56(90)44(25-37-17-19-40(83)20-18-37)76-59(93)50(34(4)5)78-53(87)41(15-11-21-69-62(64)65)72-57(91)46(80-81-66)28-49(84)85)60(94)77-47(27-39-30-68-32-71-39)61(95)82-22-12-16-48(82)58(92)75-43(24-36-13-9-8-10-14-36)54(88)74-45(26-38-29-67-31-70-38)55(89)73-42(52(63)86)23-33(2)3/h8-10,13-14,17-20,29-35,41-48,50-51,83H,7,11-12,15-16,21-28H2,1-6H3,(H2,63,86)(H,67,70)(H,68,71)(H,72,91)(H,73,89)(H,74,88)(H,75,92)(H,76,93)(H,77,94)(H,78,87)(H,79,90)(H,84,85)(H4,64,65,69)/t35-,41-,42-,43-,44-,45-,46-,47-,48-,50-,51-/m0/s1. The van der Waals surface area contributed by atoms with Crippen molar-refractivity contribution in [2.24, 2.45) is 45.1 Å². The molecule has 33 nitrogen and oxygen atoms in total. The van der Waals surface area contributed by atoms with Gasteiger partial charge in [0.2, 0.25) is 59.1 Å². The van der Waals surface area contributed by atoms with E-state index in [4.69, 9.17) is 22.7 Å². The van der Waals surface area contributed by atoms with Crippen molar-refractivity contribution in [3.05, 3.63) is 113 Å². The van der Waals surface area contributed by atoms with Crippen LogP contribution in [0.15, 0.2) is 89.8 Å². The number of carbonyl (C=O) groups is 11. The number of hydrogen-bond donors (Lipinski definition) is 15. The molecule has 95 heavy (non-hydrogen) atoms. The SMILES string of the molecule is CC[C@H](C)[C@H](NC(=O)[C@H](Cc1ccc(O)cc1)NC(=O)[C@@H](NC(=O)[C@H](CCCN=C(N)N)NC(=O)[C@H](CC(=O)O)N=[N+]=[N-])C(C)C)C(=O)N[C@@H](Cc1cnc[nH]1)C(=O)N1CCC[C@H]1C(=O)N[C@@H](Cc1ccccc1)C(=O)N[C@@H](Cc1cnc[nH]1)C(=O)N[C@@H](CC(C)C)C(N)=O. The minimum absolute atomic E-state index is 0.00319. The third-order valence-corrected chi connectivity index (χ3v) is 15.8. The number of imidazole rings is 2. The first kappa shape index (κ1) is 75.1. The highest BCUT2D eigenvalue weighted by Crippen LogP contribution is 2.22. The van der Waals surface area contributed by atoms with Crippen LogP contribution in [0, 0.1) is 17.8 Å². The van der Waals surface area contributed by atoms with Gasteiger partial charge >= 0.3 is 5.97 Å². The van der Waals surface area contributed by atoms with Crippen molar-refractivity contribution in [3.63, 3.8) is 0 Å². The molecule has 0 aliphatic carbocycles. The summed E-state index contributed by atoms with van der Waals surface area (Å²) in [5.41, 5.74) is 27.6. The fraction of sp³-hybridized carbons (Fsp3) is 0.516. The molecular weight excluding hydrogens is 1230 g/mol. The molecule has 10 amide bonds. The van der Waals surface area contributed by atoms with Crippen molar-refractivity contribution >= 4 is 71.0 Å². The molecule has 0 radical (unpaired) electrons. The number of aliphatic carboxylic acids is 1. The number of aromatic nitrogens is 4. The number of H-pyrrole nitrogens is 2. The minimum Gasteiger partial charge on any atom is -0.508 e. The zero-order chi connectivity index (χ0) is 69.9. The molecule has 0 saturated carbocycles. The Hall–Kier alpha value is -10.6. The van der Waals surface area contributed by atoms with Crippen LogP contribution in [0.3, 0.4) is 0 Å². The van der Waals surface area contributed by atoms with Crippen LogP contribution in [-0.4, -0.2) is 180 Å². The maximum absolute atomic E-state index is 15.1. The summed E-state index contributed by atoms with van der Waals surface area (Å²) < 4.78 is 0. The second kappa shape index (κ2) is 37.2. The molecule has 18 N–H and O–H groups in total. The average molecular weight is 1320 g/mol. The lowest BCUT2D eigenvalue weighted by Crippen LogP contribution is -2.62. The molecule has 3 heterocycles. The van der Waals surface area contributed by atoms with E-state index in [9.17, 15) is 58.2 Å². The number of aromatic hydroxyl groups is 1. The molecule has 33 heteroatoms. The summed E-state index contributed by atoms with van der Waals surface area (Å²) in [4.78, 5) is 176. The molecule has 5 rings (SSSR count). The van der Waals surface area contributed by atoms with Crippen molar-refractivity contribution in [2.75, 3.05) is 13.1 Å². The summed E-state index contributed by atoms with van der Waals surface area (Å²) in [6.45, 7) is 10.4. The average Bonchev–Trinajstić information content (AvgIpc) is 1.78. The molecule has 2 aromatic carbocycles. The number of likely N-dealkylation sites (tertiary alicyclic amines) is 1. The van der Waals surface area contributed by atoms with Crippen LogP contribution in [0.2, 0.25) is 0 Å². The molecule has 514 valence electrons. The number of primary amides is 1. The lowest BCUT2D eigenvalue weighted by Gasteiger charge is -2.32. The molecule has 2 aromatic heterocycles. The molecule has 4 aromatic rings. The predicted molar refractivity (Wildman–Crippen MR) is 345 cm³/mol.